The Bertz CT molecular complexity index is 756. The summed E-state index contributed by atoms with van der Waals surface area (Å²) in [7, 11) is 0. The number of nitrogens with one attached hydrogen (secondary N) is 2. The van der Waals surface area contributed by atoms with E-state index in [0.717, 1.165) is 24.2 Å². The molecule has 3 amide bonds. The highest BCUT2D eigenvalue weighted by Crippen LogP contribution is 2.32. The predicted molar refractivity (Wildman–Crippen MR) is 96.1 cm³/mol. The molecule has 2 aromatic rings. The molecule has 2 heterocycles. The molecule has 0 unspecified atom stereocenters. The van der Waals surface area contributed by atoms with Crippen molar-refractivity contribution in [1.82, 2.24) is 10.2 Å². The van der Waals surface area contributed by atoms with E-state index in [1.165, 1.54) is 17.4 Å². The number of urea groups is 1. The van der Waals surface area contributed by atoms with Crippen molar-refractivity contribution in [2.75, 3.05) is 11.9 Å². The second-order valence-corrected chi connectivity index (χ2v) is 6.96. The van der Waals surface area contributed by atoms with Crippen molar-refractivity contribution in [2.24, 2.45) is 0 Å². The van der Waals surface area contributed by atoms with Gasteiger partial charge in [0.25, 0.3) is 0 Å². The molecule has 0 radical (unpaired) electrons. The molecular weight excluding hydrogens is 322 g/mol. The molecule has 1 aliphatic rings. The van der Waals surface area contributed by atoms with Crippen LogP contribution in [-0.4, -0.2) is 23.4 Å². The van der Waals surface area contributed by atoms with Crippen LogP contribution in [0.1, 0.15) is 35.9 Å². The van der Waals surface area contributed by atoms with Gasteiger partial charge in [-0.05, 0) is 48.1 Å². The normalized spacial score (nSPS) is 16.4. The fraction of sp³-hybridized carbons (Fsp3) is 0.333. The second-order valence-electron chi connectivity index (χ2n) is 5.96. The molecule has 24 heavy (non-hydrogen) atoms. The van der Waals surface area contributed by atoms with Gasteiger partial charge in [-0.25, -0.2) is 4.79 Å². The molecule has 1 atom stereocenters. The molecule has 1 aromatic heterocycles. The third-order valence-corrected chi connectivity index (χ3v) is 5.23. The Balaban J connectivity index is 1.61. The molecular formula is C18H21N3O2S. The van der Waals surface area contributed by atoms with Gasteiger partial charge in [0.1, 0.15) is 0 Å². The summed E-state index contributed by atoms with van der Waals surface area (Å²) in [5.74, 6) is -0.107. The van der Waals surface area contributed by atoms with Crippen molar-refractivity contribution in [1.29, 1.82) is 0 Å². The smallest absolute Gasteiger partial charge is 0.318 e. The number of amides is 3. The summed E-state index contributed by atoms with van der Waals surface area (Å²) in [6, 6.07) is 9.67. The number of anilines is 1. The number of thiophene rings is 1. The molecule has 3 rings (SSSR count). The van der Waals surface area contributed by atoms with Crippen molar-refractivity contribution < 1.29 is 9.59 Å². The van der Waals surface area contributed by atoms with E-state index >= 15 is 0 Å². The van der Waals surface area contributed by atoms with Gasteiger partial charge in [-0.15, -0.1) is 11.3 Å². The quantitative estimate of drug-likeness (QED) is 0.895. The topological polar surface area (TPSA) is 61.4 Å². The number of carbonyl (C=O) groups is 2. The highest BCUT2D eigenvalue weighted by molar-refractivity contribution is 7.10. The molecule has 0 bridgehead atoms. The van der Waals surface area contributed by atoms with E-state index < -0.39 is 0 Å². The van der Waals surface area contributed by atoms with E-state index in [-0.39, 0.29) is 18.0 Å². The molecule has 0 aliphatic carbocycles. The summed E-state index contributed by atoms with van der Waals surface area (Å²) < 4.78 is 0. The molecule has 1 aliphatic heterocycles. The van der Waals surface area contributed by atoms with Gasteiger partial charge >= 0.3 is 6.03 Å². The number of hydrogen-bond acceptors (Lipinski definition) is 3. The Labute approximate surface area is 145 Å². The molecule has 2 N–H and O–H groups in total. The monoisotopic (exact) mass is 343 g/mol. The van der Waals surface area contributed by atoms with Gasteiger partial charge in [-0.1, -0.05) is 12.1 Å². The number of hydrogen-bond donors (Lipinski definition) is 2. The van der Waals surface area contributed by atoms with Gasteiger partial charge in [0, 0.05) is 30.6 Å². The maximum atomic E-state index is 12.5. The largest absolute Gasteiger partial charge is 0.334 e. The fourth-order valence-corrected chi connectivity index (χ4v) is 3.99. The Morgan fingerprint density at radius 2 is 2.17 bits per heavy atom. The summed E-state index contributed by atoms with van der Waals surface area (Å²) in [5.41, 5.74) is 2.95. The van der Waals surface area contributed by atoms with Gasteiger partial charge in [0.2, 0.25) is 5.91 Å². The third kappa shape index (κ3) is 3.59. The average Bonchev–Trinajstić information content (AvgIpc) is 3.02. The van der Waals surface area contributed by atoms with Crippen LogP contribution >= 0.6 is 11.3 Å². The van der Waals surface area contributed by atoms with Crippen LogP contribution in [0.3, 0.4) is 0 Å². The minimum atomic E-state index is -0.107. The number of benzene rings is 1. The minimum absolute atomic E-state index is 0.0516. The van der Waals surface area contributed by atoms with Gasteiger partial charge in [-0.2, -0.15) is 0 Å². The lowest BCUT2D eigenvalue weighted by atomic mass is 10.0. The van der Waals surface area contributed by atoms with E-state index in [1.807, 2.05) is 29.2 Å². The molecule has 0 saturated carbocycles. The van der Waals surface area contributed by atoms with Gasteiger partial charge in [-0.3, -0.25) is 4.79 Å². The Morgan fingerprint density at radius 1 is 1.33 bits per heavy atom. The average molecular weight is 343 g/mol. The van der Waals surface area contributed by atoms with E-state index in [4.69, 9.17) is 0 Å². The van der Waals surface area contributed by atoms with Gasteiger partial charge < -0.3 is 15.5 Å². The van der Waals surface area contributed by atoms with Crippen LogP contribution in [0.5, 0.6) is 0 Å². The SMILES string of the molecule is CC(=O)Nc1cccc(CNC(=O)N2CCc3sccc3[C@H]2C)c1. The maximum absolute atomic E-state index is 12.5. The summed E-state index contributed by atoms with van der Waals surface area (Å²) >= 11 is 1.77. The highest BCUT2D eigenvalue weighted by Gasteiger charge is 2.28. The van der Waals surface area contributed by atoms with Crippen molar-refractivity contribution in [3.63, 3.8) is 0 Å². The van der Waals surface area contributed by atoms with E-state index in [9.17, 15) is 9.59 Å². The van der Waals surface area contributed by atoms with Crippen LogP contribution < -0.4 is 10.6 Å². The van der Waals surface area contributed by atoms with Gasteiger partial charge in [0.05, 0.1) is 6.04 Å². The Hall–Kier alpha value is -2.34. The third-order valence-electron chi connectivity index (χ3n) is 4.23. The Kier molecular flexibility index (Phi) is 4.85. The van der Waals surface area contributed by atoms with Crippen molar-refractivity contribution in [3.8, 4) is 0 Å². The first kappa shape index (κ1) is 16.5. The number of fused-ring (bicyclic) bond motifs is 1. The lowest BCUT2D eigenvalue weighted by Gasteiger charge is -2.33. The summed E-state index contributed by atoms with van der Waals surface area (Å²) in [5, 5.41) is 7.82. The van der Waals surface area contributed by atoms with Crippen LogP contribution in [0.15, 0.2) is 35.7 Å². The van der Waals surface area contributed by atoms with Crippen LogP contribution in [0.4, 0.5) is 10.5 Å². The van der Waals surface area contributed by atoms with Crippen LogP contribution in [0.2, 0.25) is 0 Å². The minimum Gasteiger partial charge on any atom is -0.334 e. The first-order valence-corrected chi connectivity index (χ1v) is 8.90. The molecule has 126 valence electrons. The van der Waals surface area contributed by atoms with E-state index in [0.29, 0.717) is 6.54 Å². The molecule has 0 fully saturated rings. The summed E-state index contributed by atoms with van der Waals surface area (Å²) in [6.45, 7) is 4.73. The zero-order chi connectivity index (χ0) is 17.1. The lowest BCUT2D eigenvalue weighted by molar-refractivity contribution is -0.114. The molecule has 0 saturated heterocycles. The summed E-state index contributed by atoms with van der Waals surface area (Å²) in [6.07, 6.45) is 0.919. The molecule has 1 aromatic carbocycles. The molecule has 0 spiro atoms. The number of carbonyl (C=O) groups excluding carboxylic acids is 2. The van der Waals surface area contributed by atoms with E-state index in [2.05, 4.69) is 29.0 Å². The number of nitrogens with zero attached hydrogens (tertiary/aromatic N) is 1. The first-order valence-electron chi connectivity index (χ1n) is 8.02. The second kappa shape index (κ2) is 7.05. The standard InChI is InChI=1S/C18H21N3O2S/c1-12-16-7-9-24-17(16)6-8-21(12)18(23)19-11-14-4-3-5-15(10-14)20-13(2)22/h3-5,7,9-10,12H,6,8,11H2,1-2H3,(H,19,23)(H,20,22)/t12-/m1/s1. The van der Waals surface area contributed by atoms with E-state index in [1.54, 1.807) is 11.3 Å². The molecule has 5 nitrogen and oxygen atoms in total. The van der Waals surface area contributed by atoms with Crippen molar-refractivity contribution in [2.45, 2.75) is 32.9 Å². The zero-order valence-electron chi connectivity index (χ0n) is 13.8. The predicted octanol–water partition coefficient (Wildman–Crippen LogP) is 3.54. The van der Waals surface area contributed by atoms with Crippen molar-refractivity contribution >= 4 is 29.0 Å². The van der Waals surface area contributed by atoms with Crippen molar-refractivity contribution in [3.05, 3.63) is 51.7 Å². The van der Waals surface area contributed by atoms with Crippen LogP contribution in [0.25, 0.3) is 0 Å². The first-order chi connectivity index (χ1) is 11.5. The number of rotatable bonds is 3. The van der Waals surface area contributed by atoms with Crippen LogP contribution in [-0.2, 0) is 17.8 Å². The lowest BCUT2D eigenvalue weighted by Crippen LogP contribution is -2.44. The Morgan fingerprint density at radius 3 is 2.96 bits per heavy atom. The zero-order valence-corrected chi connectivity index (χ0v) is 14.7. The fourth-order valence-electron chi connectivity index (χ4n) is 3.03. The highest BCUT2D eigenvalue weighted by atomic mass is 32.1. The summed E-state index contributed by atoms with van der Waals surface area (Å²) in [4.78, 5) is 26.9. The van der Waals surface area contributed by atoms with Gasteiger partial charge in [0.15, 0.2) is 0 Å². The maximum Gasteiger partial charge on any atom is 0.318 e. The van der Waals surface area contributed by atoms with Crippen LogP contribution in [0, 0.1) is 0 Å². The molecule has 6 heteroatoms.